The Morgan fingerprint density at radius 3 is 3.05 bits per heavy atom. The molecule has 0 amide bonds. The molecule has 4 bridgehead atoms. The average molecular weight is 294 g/mol. The van der Waals surface area contributed by atoms with Gasteiger partial charge in [0.25, 0.3) is 0 Å². The highest BCUT2D eigenvalue weighted by Crippen LogP contribution is 2.53. The first-order valence-corrected chi connectivity index (χ1v) is 8.43. The number of aliphatic hydroxyl groups is 1. The lowest BCUT2D eigenvalue weighted by Gasteiger charge is -2.58. The van der Waals surface area contributed by atoms with Crippen LogP contribution < -0.4 is 0 Å². The first-order valence-electron chi connectivity index (χ1n) is 8.43. The molecule has 1 unspecified atom stereocenters. The molecule has 2 N–H and O–H groups in total. The number of piperidine rings is 3. The Bertz CT molecular complexity index is 775. The highest BCUT2D eigenvalue weighted by Gasteiger charge is 2.52. The van der Waals surface area contributed by atoms with Crippen LogP contribution in [0.15, 0.2) is 35.9 Å². The summed E-state index contributed by atoms with van der Waals surface area (Å²) in [5.74, 6) is 0.965. The third-order valence-electron chi connectivity index (χ3n) is 6.33. The topological polar surface area (TPSA) is 39.3 Å². The Hall–Kier alpha value is -1.58. The summed E-state index contributed by atoms with van der Waals surface area (Å²) in [5.41, 5.74) is 5.74. The van der Waals surface area contributed by atoms with Gasteiger partial charge in [0.15, 0.2) is 0 Å². The summed E-state index contributed by atoms with van der Waals surface area (Å²) in [6, 6.07) is 9.68. The number of aliphatic hydroxyl groups excluding tert-OH is 1. The van der Waals surface area contributed by atoms with Crippen LogP contribution in [0, 0.1) is 11.8 Å². The normalized spacial score (nSPS) is 37.7. The molecule has 0 spiro atoms. The second-order valence-corrected chi connectivity index (χ2v) is 7.07. The van der Waals surface area contributed by atoms with E-state index in [2.05, 4.69) is 47.1 Å². The van der Waals surface area contributed by atoms with E-state index in [0.717, 1.165) is 19.4 Å². The summed E-state index contributed by atoms with van der Waals surface area (Å²) >= 11 is 0. The number of benzene rings is 1. The van der Waals surface area contributed by atoms with E-state index in [4.69, 9.17) is 0 Å². The number of hydrogen-bond acceptors (Lipinski definition) is 2. The summed E-state index contributed by atoms with van der Waals surface area (Å²) in [6.07, 6.45) is 4.51. The van der Waals surface area contributed by atoms with Gasteiger partial charge in [-0.25, -0.2) is 0 Å². The van der Waals surface area contributed by atoms with Crippen molar-refractivity contribution in [1.29, 1.82) is 0 Å². The van der Waals surface area contributed by atoms with Crippen LogP contribution in [0.1, 0.15) is 30.6 Å². The van der Waals surface area contributed by atoms with Crippen LogP contribution in [-0.2, 0) is 6.42 Å². The van der Waals surface area contributed by atoms with Gasteiger partial charge in [-0.05, 0) is 37.3 Å². The number of fused-ring (bicyclic) bond motifs is 4. The van der Waals surface area contributed by atoms with Crippen LogP contribution in [-0.4, -0.2) is 34.2 Å². The largest absolute Gasteiger partial charge is 0.396 e. The second-order valence-electron chi connectivity index (χ2n) is 7.07. The second kappa shape index (κ2) is 4.46. The Labute approximate surface area is 130 Å². The van der Waals surface area contributed by atoms with Crippen LogP contribution in [0.25, 0.3) is 10.9 Å². The summed E-state index contributed by atoms with van der Waals surface area (Å²) in [7, 11) is 0. The van der Waals surface area contributed by atoms with Gasteiger partial charge in [0.1, 0.15) is 0 Å². The number of nitrogens with zero attached hydrogens (tertiary/aromatic N) is 1. The highest BCUT2D eigenvalue weighted by atomic mass is 16.3. The van der Waals surface area contributed by atoms with Crippen LogP contribution in [0.4, 0.5) is 0 Å². The van der Waals surface area contributed by atoms with E-state index < -0.39 is 0 Å². The van der Waals surface area contributed by atoms with Crippen LogP contribution in [0.2, 0.25) is 0 Å². The lowest BCUT2D eigenvalue weighted by molar-refractivity contribution is -0.0503. The van der Waals surface area contributed by atoms with Crippen molar-refractivity contribution in [2.75, 3.05) is 13.2 Å². The van der Waals surface area contributed by atoms with Gasteiger partial charge in [-0.15, -0.1) is 0 Å². The number of H-pyrrole nitrogens is 1. The van der Waals surface area contributed by atoms with Gasteiger partial charge >= 0.3 is 0 Å². The molecule has 3 saturated heterocycles. The van der Waals surface area contributed by atoms with Gasteiger partial charge in [0, 0.05) is 41.7 Å². The minimum atomic E-state index is 0.313. The Morgan fingerprint density at radius 1 is 1.36 bits per heavy atom. The zero-order valence-corrected chi connectivity index (χ0v) is 12.9. The number of nitrogens with one attached hydrogen (secondary N) is 1. The third-order valence-corrected chi connectivity index (χ3v) is 6.33. The minimum absolute atomic E-state index is 0.313. The monoisotopic (exact) mass is 294 g/mol. The number of aromatic amines is 1. The van der Waals surface area contributed by atoms with Crippen molar-refractivity contribution in [3.63, 3.8) is 0 Å². The van der Waals surface area contributed by atoms with Crippen LogP contribution in [0.3, 0.4) is 0 Å². The third kappa shape index (κ3) is 1.48. The molecule has 1 aromatic heterocycles. The van der Waals surface area contributed by atoms with Crippen molar-refractivity contribution in [3.8, 4) is 0 Å². The minimum Gasteiger partial charge on any atom is -0.396 e. The molecule has 6 rings (SSSR count). The van der Waals surface area contributed by atoms with Crippen LogP contribution in [0.5, 0.6) is 0 Å². The van der Waals surface area contributed by atoms with E-state index in [-0.39, 0.29) is 0 Å². The number of hydrogen-bond donors (Lipinski definition) is 2. The fourth-order valence-electron chi connectivity index (χ4n) is 5.32. The quantitative estimate of drug-likeness (QED) is 0.794. The predicted molar refractivity (Wildman–Crippen MR) is 87.7 cm³/mol. The maximum Gasteiger partial charge on any atom is 0.0514 e. The standard InChI is InChI=1S/C19H22N2O/c1-2-11-9-21-17-8-14-12-5-3-4-6-16(12)20-19(14)18(21)7-13(11)15(17)10-22/h2-6,13,15,17-18,20,22H,7-10H2,1H3/b11-2+/t13-,15+,17-,18-/m1/s1. The Balaban J connectivity index is 1.69. The van der Waals surface area contributed by atoms with Gasteiger partial charge in [0.05, 0.1) is 6.04 Å². The zero-order chi connectivity index (χ0) is 14.8. The van der Waals surface area contributed by atoms with Crippen molar-refractivity contribution < 1.29 is 5.11 Å². The van der Waals surface area contributed by atoms with Gasteiger partial charge in [-0.3, -0.25) is 4.90 Å². The first-order chi connectivity index (χ1) is 10.8. The fourth-order valence-corrected chi connectivity index (χ4v) is 5.32. The van der Waals surface area contributed by atoms with Crippen molar-refractivity contribution in [1.82, 2.24) is 9.88 Å². The summed E-state index contributed by atoms with van der Waals surface area (Å²) in [6.45, 7) is 3.55. The smallest absolute Gasteiger partial charge is 0.0514 e. The maximum atomic E-state index is 9.99. The summed E-state index contributed by atoms with van der Waals surface area (Å²) < 4.78 is 0. The lowest BCUT2D eigenvalue weighted by atomic mass is 9.64. The van der Waals surface area contributed by atoms with E-state index in [9.17, 15) is 5.11 Å². The number of aromatic nitrogens is 1. The average Bonchev–Trinajstić information content (AvgIpc) is 2.93. The molecular weight excluding hydrogens is 272 g/mol. The van der Waals surface area contributed by atoms with Crippen LogP contribution >= 0.6 is 0 Å². The molecule has 2 aromatic rings. The van der Waals surface area contributed by atoms with Crippen molar-refractivity contribution in [2.24, 2.45) is 11.8 Å². The predicted octanol–water partition coefficient (Wildman–Crippen LogP) is 3.02. The molecule has 0 saturated carbocycles. The van der Waals surface area contributed by atoms with Crippen molar-refractivity contribution in [2.45, 2.75) is 31.8 Å². The first kappa shape index (κ1) is 12.9. The van der Waals surface area contributed by atoms with E-state index in [1.165, 1.54) is 27.7 Å². The molecule has 0 radical (unpaired) electrons. The fraction of sp³-hybridized carbons (Fsp3) is 0.474. The SMILES string of the molecule is C/C=C1\CN2[C@@H]3C[C@H]1[C@H](CO)[C@H]2Cc1c3[nH]c2ccccc12. The Morgan fingerprint density at radius 2 is 2.23 bits per heavy atom. The molecule has 3 fully saturated rings. The molecule has 3 nitrogen and oxygen atoms in total. The van der Waals surface area contributed by atoms with E-state index in [0.29, 0.717) is 30.5 Å². The molecule has 0 aliphatic carbocycles. The molecular formula is C19H22N2O. The van der Waals surface area contributed by atoms with E-state index >= 15 is 0 Å². The van der Waals surface area contributed by atoms with Gasteiger partial charge < -0.3 is 10.1 Å². The molecule has 1 aromatic carbocycles. The van der Waals surface area contributed by atoms with Gasteiger partial charge in [0.2, 0.25) is 0 Å². The molecule has 22 heavy (non-hydrogen) atoms. The zero-order valence-electron chi connectivity index (χ0n) is 12.9. The summed E-state index contributed by atoms with van der Waals surface area (Å²) in [5, 5.41) is 11.4. The number of allylic oxidation sites excluding steroid dienone is 1. The van der Waals surface area contributed by atoms with E-state index in [1.807, 2.05) is 0 Å². The molecule has 4 aliphatic rings. The Kier molecular flexibility index (Phi) is 2.62. The van der Waals surface area contributed by atoms with Crippen molar-refractivity contribution >= 4 is 10.9 Å². The highest BCUT2D eigenvalue weighted by molar-refractivity contribution is 5.85. The molecule has 3 heteroatoms. The summed E-state index contributed by atoms with van der Waals surface area (Å²) in [4.78, 5) is 6.35. The van der Waals surface area contributed by atoms with Gasteiger partial charge in [-0.1, -0.05) is 29.8 Å². The molecule has 5 heterocycles. The molecule has 4 aliphatic heterocycles. The molecule has 114 valence electrons. The molecule has 5 atom stereocenters. The number of para-hydroxylation sites is 1. The van der Waals surface area contributed by atoms with E-state index in [1.54, 1.807) is 0 Å². The maximum absolute atomic E-state index is 9.99. The number of rotatable bonds is 1. The lowest BCUT2D eigenvalue weighted by Crippen LogP contribution is -2.60. The van der Waals surface area contributed by atoms with Gasteiger partial charge in [-0.2, -0.15) is 0 Å². The van der Waals surface area contributed by atoms with Crippen molar-refractivity contribution in [3.05, 3.63) is 47.2 Å².